The molecule has 152 valence electrons. The van der Waals surface area contributed by atoms with Crippen LogP contribution in [0.3, 0.4) is 0 Å². The third kappa shape index (κ3) is 6.62. The number of nitrogens with zero attached hydrogens (tertiary/aromatic N) is 2. The minimum Gasteiger partial charge on any atom is -0.356 e. The summed E-state index contributed by atoms with van der Waals surface area (Å²) in [6.07, 6.45) is 6.02. The van der Waals surface area contributed by atoms with Crippen LogP contribution in [-0.4, -0.2) is 51.7 Å². The molecule has 1 saturated carbocycles. The Morgan fingerprint density at radius 1 is 1.15 bits per heavy atom. The average molecular weight is 505 g/mol. The minimum atomic E-state index is -3.07. The highest BCUT2D eigenvalue weighted by atomic mass is 127. The molecule has 0 radical (unpaired) electrons. The van der Waals surface area contributed by atoms with Crippen LogP contribution in [0.25, 0.3) is 0 Å². The average Bonchev–Trinajstić information content (AvgIpc) is 3.06. The number of hydrogen-bond donors (Lipinski definition) is 1. The molecule has 2 fully saturated rings. The monoisotopic (exact) mass is 505 g/mol. The number of rotatable bonds is 6. The smallest absolute Gasteiger partial charge is 0.193 e. The number of fused-ring (bicyclic) bond motifs is 1. The first-order chi connectivity index (χ1) is 12.6. The molecule has 1 aromatic rings. The minimum absolute atomic E-state index is 0. The molecule has 1 aromatic carbocycles. The Balaban J connectivity index is 0.00000261. The van der Waals surface area contributed by atoms with Crippen molar-refractivity contribution in [2.75, 3.05) is 32.4 Å². The van der Waals surface area contributed by atoms with Crippen molar-refractivity contribution in [2.24, 2.45) is 16.8 Å². The van der Waals surface area contributed by atoms with E-state index in [-0.39, 0.29) is 35.5 Å². The molecule has 1 aliphatic carbocycles. The second-order valence-electron chi connectivity index (χ2n) is 7.61. The van der Waals surface area contributed by atoms with Gasteiger partial charge in [0.25, 0.3) is 0 Å². The predicted octanol–water partition coefficient (Wildman–Crippen LogP) is 3.31. The normalized spacial score (nSPS) is 22.9. The van der Waals surface area contributed by atoms with Crippen LogP contribution in [0.5, 0.6) is 0 Å². The fourth-order valence-corrected chi connectivity index (χ4v) is 5.73. The lowest BCUT2D eigenvalue weighted by Gasteiger charge is -2.22. The molecule has 3 rings (SSSR count). The maximum Gasteiger partial charge on any atom is 0.193 e. The number of nitrogens with one attached hydrogen (secondary N) is 1. The first-order valence-corrected chi connectivity index (χ1v) is 11.6. The second-order valence-corrected chi connectivity index (χ2v) is 9.80. The summed E-state index contributed by atoms with van der Waals surface area (Å²) in [5, 5.41) is 3.37. The van der Waals surface area contributed by atoms with Gasteiger partial charge in [0, 0.05) is 26.7 Å². The van der Waals surface area contributed by atoms with E-state index in [1.165, 1.54) is 25.7 Å². The highest BCUT2D eigenvalue weighted by Gasteiger charge is 2.35. The van der Waals surface area contributed by atoms with Crippen LogP contribution in [0.1, 0.15) is 37.7 Å². The highest BCUT2D eigenvalue weighted by Crippen LogP contribution is 2.35. The van der Waals surface area contributed by atoms with Gasteiger partial charge < -0.3 is 10.2 Å². The van der Waals surface area contributed by atoms with Crippen LogP contribution in [0, 0.1) is 11.8 Å². The van der Waals surface area contributed by atoms with Crippen molar-refractivity contribution in [1.29, 1.82) is 0 Å². The fourth-order valence-electron chi connectivity index (χ4n) is 4.30. The van der Waals surface area contributed by atoms with Gasteiger partial charge in [0.05, 0.1) is 11.5 Å². The number of hydrogen-bond acceptors (Lipinski definition) is 3. The number of halogens is 1. The molecule has 2 atom stereocenters. The van der Waals surface area contributed by atoms with Gasteiger partial charge in [-0.1, -0.05) is 43.2 Å². The lowest BCUT2D eigenvalue weighted by atomic mass is 9.82. The quantitative estimate of drug-likeness (QED) is 0.279. The van der Waals surface area contributed by atoms with E-state index >= 15 is 0 Å². The molecule has 0 spiro atoms. The molecular weight excluding hydrogens is 473 g/mol. The van der Waals surface area contributed by atoms with Gasteiger partial charge >= 0.3 is 0 Å². The molecule has 1 heterocycles. The standard InChI is InChI=1S/C20H31N3O2S.HI/c1-21-20(23-14-18-10-5-6-11-19(18)15-23)22-12-7-13-26(24,25)16-17-8-3-2-4-9-17;/h2-4,8-9,18-19H,5-7,10-16H2,1H3,(H,21,22);1H. The Morgan fingerprint density at radius 3 is 2.37 bits per heavy atom. The summed E-state index contributed by atoms with van der Waals surface area (Å²) in [5.41, 5.74) is 0.857. The molecule has 5 nitrogen and oxygen atoms in total. The number of likely N-dealkylation sites (tertiary alicyclic amines) is 1. The van der Waals surface area contributed by atoms with Crippen LogP contribution in [0.15, 0.2) is 35.3 Å². The summed E-state index contributed by atoms with van der Waals surface area (Å²) in [7, 11) is -1.25. The molecule has 0 aromatic heterocycles. The third-order valence-corrected chi connectivity index (χ3v) is 7.32. The molecule has 1 saturated heterocycles. The summed E-state index contributed by atoms with van der Waals surface area (Å²) in [5.74, 6) is 2.89. The number of benzene rings is 1. The largest absolute Gasteiger partial charge is 0.356 e. The van der Waals surface area contributed by atoms with Crippen LogP contribution >= 0.6 is 24.0 Å². The molecule has 7 heteroatoms. The number of aliphatic imine (C=N–C) groups is 1. The van der Waals surface area contributed by atoms with Gasteiger partial charge in [-0.15, -0.1) is 24.0 Å². The zero-order valence-corrected chi connectivity index (χ0v) is 19.3. The number of guanidine groups is 1. The van der Waals surface area contributed by atoms with Gasteiger partial charge in [0.2, 0.25) is 0 Å². The van der Waals surface area contributed by atoms with Crippen LogP contribution in [0.2, 0.25) is 0 Å². The van der Waals surface area contributed by atoms with Gasteiger partial charge in [-0.2, -0.15) is 0 Å². The van der Waals surface area contributed by atoms with E-state index in [0.29, 0.717) is 13.0 Å². The van der Waals surface area contributed by atoms with Crippen LogP contribution in [-0.2, 0) is 15.6 Å². The molecule has 2 aliphatic rings. The van der Waals surface area contributed by atoms with E-state index in [9.17, 15) is 8.42 Å². The summed E-state index contributed by atoms with van der Waals surface area (Å²) >= 11 is 0. The van der Waals surface area contributed by atoms with Gasteiger partial charge in [-0.05, 0) is 36.7 Å². The molecule has 1 aliphatic heterocycles. The molecule has 0 bridgehead atoms. The summed E-state index contributed by atoms with van der Waals surface area (Å²) in [4.78, 5) is 6.77. The van der Waals surface area contributed by atoms with Crippen molar-refractivity contribution < 1.29 is 8.42 Å². The topological polar surface area (TPSA) is 61.8 Å². The van der Waals surface area contributed by atoms with Crippen molar-refractivity contribution in [3.63, 3.8) is 0 Å². The predicted molar refractivity (Wildman–Crippen MR) is 122 cm³/mol. The van der Waals surface area contributed by atoms with Gasteiger partial charge in [0.1, 0.15) is 0 Å². The summed E-state index contributed by atoms with van der Waals surface area (Å²) < 4.78 is 24.5. The summed E-state index contributed by atoms with van der Waals surface area (Å²) in [6.45, 7) is 2.83. The van der Waals surface area contributed by atoms with E-state index in [1.54, 1.807) is 0 Å². The van der Waals surface area contributed by atoms with E-state index in [1.807, 2.05) is 37.4 Å². The maximum absolute atomic E-state index is 12.3. The first kappa shape index (κ1) is 22.5. The fraction of sp³-hybridized carbons (Fsp3) is 0.650. The van der Waals surface area contributed by atoms with Crippen molar-refractivity contribution in [1.82, 2.24) is 10.2 Å². The first-order valence-electron chi connectivity index (χ1n) is 9.77. The SMILES string of the molecule is CN=C(NCCCS(=O)(=O)Cc1ccccc1)N1CC2CCCCC2C1.I. The Labute approximate surface area is 181 Å². The zero-order valence-electron chi connectivity index (χ0n) is 16.1. The molecule has 2 unspecified atom stereocenters. The highest BCUT2D eigenvalue weighted by molar-refractivity contribution is 14.0. The Kier molecular flexibility index (Phi) is 8.85. The second kappa shape index (κ2) is 10.6. The Bertz CT molecular complexity index is 695. The van der Waals surface area contributed by atoms with E-state index in [2.05, 4.69) is 15.2 Å². The molecular formula is C20H32IN3O2S. The zero-order chi connectivity index (χ0) is 18.4. The Hall–Kier alpha value is -0.830. The lowest BCUT2D eigenvalue weighted by molar-refractivity contribution is 0.299. The van der Waals surface area contributed by atoms with Crippen LogP contribution in [0.4, 0.5) is 0 Å². The van der Waals surface area contributed by atoms with Crippen molar-refractivity contribution >= 4 is 39.8 Å². The lowest BCUT2D eigenvalue weighted by Crippen LogP contribution is -2.41. The third-order valence-electron chi connectivity index (χ3n) is 5.63. The van der Waals surface area contributed by atoms with Crippen LogP contribution < -0.4 is 5.32 Å². The van der Waals surface area contributed by atoms with E-state index < -0.39 is 9.84 Å². The van der Waals surface area contributed by atoms with Gasteiger partial charge in [0.15, 0.2) is 15.8 Å². The molecule has 1 N–H and O–H groups in total. The van der Waals surface area contributed by atoms with Gasteiger partial charge in [-0.3, -0.25) is 4.99 Å². The van der Waals surface area contributed by atoms with Crippen molar-refractivity contribution in [2.45, 2.75) is 37.9 Å². The van der Waals surface area contributed by atoms with Crippen molar-refractivity contribution in [3.8, 4) is 0 Å². The van der Waals surface area contributed by atoms with Crippen molar-refractivity contribution in [3.05, 3.63) is 35.9 Å². The maximum atomic E-state index is 12.3. The molecule has 0 amide bonds. The summed E-state index contributed by atoms with van der Waals surface area (Å²) in [6, 6.07) is 9.39. The van der Waals surface area contributed by atoms with E-state index in [0.717, 1.165) is 36.4 Å². The Morgan fingerprint density at radius 2 is 1.78 bits per heavy atom. The van der Waals surface area contributed by atoms with Gasteiger partial charge in [-0.25, -0.2) is 8.42 Å². The van der Waals surface area contributed by atoms with E-state index in [4.69, 9.17) is 0 Å². The molecule has 27 heavy (non-hydrogen) atoms. The number of sulfone groups is 1.